The molecule has 2 amide bonds. The van der Waals surface area contributed by atoms with Gasteiger partial charge in [-0.1, -0.05) is 0 Å². The molecule has 0 aliphatic carbocycles. The molecule has 21 heavy (non-hydrogen) atoms. The highest BCUT2D eigenvalue weighted by atomic mass is 16.6. The first-order chi connectivity index (χ1) is 9.77. The van der Waals surface area contributed by atoms with Crippen LogP contribution in [0.25, 0.3) is 0 Å². The highest BCUT2D eigenvalue weighted by molar-refractivity contribution is 5.96. The van der Waals surface area contributed by atoms with Crippen molar-refractivity contribution < 1.29 is 14.5 Å². The fourth-order valence-corrected chi connectivity index (χ4v) is 1.78. The fraction of sp³-hybridized carbons (Fsp3) is 0.385. The number of anilines is 1. The van der Waals surface area contributed by atoms with E-state index in [1.807, 2.05) is 0 Å². The summed E-state index contributed by atoms with van der Waals surface area (Å²) in [5.74, 6) is -0.589. The first-order valence-electron chi connectivity index (χ1n) is 6.26. The number of hydrogen-bond donors (Lipinski definition) is 2. The van der Waals surface area contributed by atoms with Crippen molar-refractivity contribution in [2.45, 2.75) is 13.0 Å². The van der Waals surface area contributed by atoms with E-state index >= 15 is 0 Å². The van der Waals surface area contributed by atoms with E-state index < -0.39 is 11.0 Å². The third-order valence-corrected chi connectivity index (χ3v) is 2.87. The Labute approximate surface area is 122 Å². The molecule has 2 N–H and O–H groups in total. The minimum Gasteiger partial charge on any atom is -0.368 e. The van der Waals surface area contributed by atoms with Gasteiger partial charge in [0.25, 0.3) is 11.6 Å². The van der Waals surface area contributed by atoms with Gasteiger partial charge in [0.1, 0.15) is 11.7 Å². The summed E-state index contributed by atoms with van der Waals surface area (Å²) in [6.45, 7) is 1.60. The van der Waals surface area contributed by atoms with Crippen LogP contribution in [0.2, 0.25) is 0 Å². The summed E-state index contributed by atoms with van der Waals surface area (Å²) in [6, 6.07) is 3.30. The standard InChI is InChI=1S/C13H18N4O4/c1-8(13(19)16(3)4)15-10-7-9(12(18)14-2)5-6-11(10)17(20)21/h5-8,15H,1-4H3,(H,14,18). The van der Waals surface area contributed by atoms with Crippen LogP contribution in [0.5, 0.6) is 0 Å². The molecule has 1 rings (SSSR count). The lowest BCUT2D eigenvalue weighted by atomic mass is 10.1. The van der Waals surface area contributed by atoms with Gasteiger partial charge in [0.05, 0.1) is 4.92 Å². The second kappa shape index (κ2) is 6.69. The van der Waals surface area contributed by atoms with E-state index in [9.17, 15) is 19.7 Å². The Morgan fingerprint density at radius 3 is 2.43 bits per heavy atom. The smallest absolute Gasteiger partial charge is 0.292 e. The third-order valence-electron chi connectivity index (χ3n) is 2.87. The number of nitro benzene ring substituents is 1. The molecule has 1 unspecified atom stereocenters. The van der Waals surface area contributed by atoms with Crippen LogP contribution in [-0.4, -0.2) is 48.8 Å². The number of nitro groups is 1. The average Bonchev–Trinajstić information content (AvgIpc) is 2.44. The van der Waals surface area contributed by atoms with Crippen molar-refractivity contribution in [3.63, 3.8) is 0 Å². The molecule has 0 fully saturated rings. The van der Waals surface area contributed by atoms with E-state index in [1.165, 1.54) is 30.1 Å². The molecule has 0 spiro atoms. The number of benzene rings is 1. The summed E-state index contributed by atoms with van der Waals surface area (Å²) in [5, 5.41) is 16.2. The van der Waals surface area contributed by atoms with Crippen LogP contribution < -0.4 is 10.6 Å². The summed E-state index contributed by atoms with van der Waals surface area (Å²) in [5.41, 5.74) is 0.208. The maximum Gasteiger partial charge on any atom is 0.292 e. The maximum atomic E-state index is 11.8. The van der Waals surface area contributed by atoms with Crippen LogP contribution in [0.15, 0.2) is 18.2 Å². The molecule has 8 nitrogen and oxygen atoms in total. The van der Waals surface area contributed by atoms with Gasteiger partial charge in [-0.15, -0.1) is 0 Å². The lowest BCUT2D eigenvalue weighted by Gasteiger charge is -2.19. The van der Waals surface area contributed by atoms with Crippen molar-refractivity contribution in [2.75, 3.05) is 26.5 Å². The molecule has 0 aliphatic heterocycles. The Morgan fingerprint density at radius 2 is 1.95 bits per heavy atom. The normalized spacial score (nSPS) is 11.4. The van der Waals surface area contributed by atoms with Gasteiger partial charge in [-0.25, -0.2) is 0 Å². The summed E-state index contributed by atoms with van der Waals surface area (Å²) < 4.78 is 0. The molecule has 0 bridgehead atoms. The molecule has 0 heterocycles. The van der Waals surface area contributed by atoms with Crippen molar-refractivity contribution in [3.05, 3.63) is 33.9 Å². The first-order valence-corrected chi connectivity index (χ1v) is 6.26. The molecular formula is C13H18N4O4. The summed E-state index contributed by atoms with van der Waals surface area (Å²) in [6.07, 6.45) is 0. The highest BCUT2D eigenvalue weighted by Gasteiger charge is 2.21. The monoisotopic (exact) mass is 294 g/mol. The minimum atomic E-state index is -0.654. The van der Waals surface area contributed by atoms with Gasteiger partial charge in [-0.3, -0.25) is 19.7 Å². The number of amides is 2. The summed E-state index contributed by atoms with van der Waals surface area (Å²) in [4.78, 5) is 35.3. The van der Waals surface area contributed by atoms with Crippen LogP contribution in [0.4, 0.5) is 11.4 Å². The summed E-state index contributed by atoms with van der Waals surface area (Å²) in [7, 11) is 4.65. The molecule has 8 heteroatoms. The van der Waals surface area contributed by atoms with Gasteiger partial charge in [0.2, 0.25) is 5.91 Å². The van der Waals surface area contributed by atoms with Gasteiger partial charge in [0, 0.05) is 32.8 Å². The lowest BCUT2D eigenvalue weighted by Crippen LogP contribution is -2.36. The van der Waals surface area contributed by atoms with Crippen molar-refractivity contribution in [1.29, 1.82) is 0 Å². The molecular weight excluding hydrogens is 276 g/mol. The average molecular weight is 294 g/mol. The van der Waals surface area contributed by atoms with Crippen LogP contribution in [0, 0.1) is 10.1 Å². The predicted octanol–water partition coefficient (Wildman–Crippen LogP) is 0.843. The zero-order valence-electron chi connectivity index (χ0n) is 12.3. The number of carbonyl (C=O) groups excluding carboxylic acids is 2. The number of likely N-dealkylation sites (N-methyl/N-ethyl adjacent to an activating group) is 1. The van der Waals surface area contributed by atoms with E-state index in [1.54, 1.807) is 21.0 Å². The molecule has 0 saturated carbocycles. The second-order valence-corrected chi connectivity index (χ2v) is 4.67. The Hall–Kier alpha value is -2.64. The van der Waals surface area contributed by atoms with Crippen LogP contribution in [0.3, 0.4) is 0 Å². The predicted molar refractivity (Wildman–Crippen MR) is 78.3 cm³/mol. The second-order valence-electron chi connectivity index (χ2n) is 4.67. The van der Waals surface area contributed by atoms with E-state index in [2.05, 4.69) is 10.6 Å². The van der Waals surface area contributed by atoms with Crippen LogP contribution in [-0.2, 0) is 4.79 Å². The number of nitrogens with one attached hydrogen (secondary N) is 2. The van der Waals surface area contributed by atoms with E-state index in [0.717, 1.165) is 0 Å². The fourth-order valence-electron chi connectivity index (χ4n) is 1.78. The van der Waals surface area contributed by atoms with Gasteiger partial charge >= 0.3 is 0 Å². The third kappa shape index (κ3) is 3.91. The van der Waals surface area contributed by atoms with Gasteiger partial charge in [-0.05, 0) is 19.1 Å². The SMILES string of the molecule is CNC(=O)c1ccc([N+](=O)[O-])c(NC(C)C(=O)N(C)C)c1. The molecule has 0 saturated heterocycles. The Morgan fingerprint density at radius 1 is 1.33 bits per heavy atom. The van der Waals surface area contributed by atoms with Crippen LogP contribution in [0.1, 0.15) is 17.3 Å². The first kappa shape index (κ1) is 16.4. The molecule has 0 aliphatic rings. The van der Waals surface area contributed by atoms with E-state index in [-0.39, 0.29) is 28.8 Å². The molecule has 1 aromatic carbocycles. The zero-order valence-corrected chi connectivity index (χ0v) is 12.3. The topological polar surface area (TPSA) is 105 Å². The molecule has 1 atom stereocenters. The largest absolute Gasteiger partial charge is 0.368 e. The van der Waals surface area contributed by atoms with Crippen molar-refractivity contribution in [3.8, 4) is 0 Å². The summed E-state index contributed by atoms with van der Waals surface area (Å²) >= 11 is 0. The number of rotatable bonds is 5. The number of hydrogen-bond acceptors (Lipinski definition) is 5. The highest BCUT2D eigenvalue weighted by Crippen LogP contribution is 2.26. The maximum absolute atomic E-state index is 11.8. The minimum absolute atomic E-state index is 0.129. The van der Waals surface area contributed by atoms with Gasteiger partial charge < -0.3 is 15.5 Å². The van der Waals surface area contributed by atoms with Crippen molar-refractivity contribution in [1.82, 2.24) is 10.2 Å². The molecule has 1 aromatic rings. The molecule has 0 radical (unpaired) electrons. The van der Waals surface area contributed by atoms with Gasteiger partial charge in [0.15, 0.2) is 0 Å². The zero-order chi connectivity index (χ0) is 16.2. The quantitative estimate of drug-likeness (QED) is 0.618. The number of nitrogens with zero attached hydrogens (tertiary/aromatic N) is 2. The van der Waals surface area contributed by atoms with Crippen LogP contribution >= 0.6 is 0 Å². The lowest BCUT2D eigenvalue weighted by molar-refractivity contribution is -0.384. The Bertz CT molecular complexity index is 571. The Balaban J connectivity index is 3.15. The molecule has 0 aromatic heterocycles. The van der Waals surface area contributed by atoms with Gasteiger partial charge in [-0.2, -0.15) is 0 Å². The van der Waals surface area contributed by atoms with E-state index in [0.29, 0.717) is 0 Å². The van der Waals surface area contributed by atoms with Crippen molar-refractivity contribution >= 4 is 23.2 Å². The number of carbonyl (C=O) groups is 2. The Kier molecular flexibility index (Phi) is 5.23. The molecule has 114 valence electrons. The van der Waals surface area contributed by atoms with E-state index in [4.69, 9.17) is 0 Å². The van der Waals surface area contributed by atoms with Crippen molar-refractivity contribution in [2.24, 2.45) is 0 Å².